The minimum Gasteiger partial charge on any atom is -0.550 e. The second-order valence-corrected chi connectivity index (χ2v) is 6.43. The summed E-state index contributed by atoms with van der Waals surface area (Å²) < 4.78 is 0. The summed E-state index contributed by atoms with van der Waals surface area (Å²) in [5.41, 5.74) is 5.05. The van der Waals surface area contributed by atoms with Crippen LogP contribution in [-0.4, -0.2) is 71.7 Å². The van der Waals surface area contributed by atoms with Gasteiger partial charge < -0.3 is 71.2 Å². The molecule has 0 heterocycles. The average Bonchev–Trinajstić information content (AvgIpc) is 2.65. The Balaban J connectivity index is -0.000000512. The van der Waals surface area contributed by atoms with E-state index in [1.165, 1.54) is 0 Å². The van der Waals surface area contributed by atoms with Crippen molar-refractivity contribution in [2.45, 2.75) is 49.9 Å². The summed E-state index contributed by atoms with van der Waals surface area (Å²) >= 11 is 0. The summed E-state index contributed by atoms with van der Waals surface area (Å²) in [5, 5.41) is 58.9. The second kappa shape index (κ2) is 26.6. The van der Waals surface area contributed by atoms with E-state index >= 15 is 0 Å². The molecule has 184 valence electrons. The number of amides is 3. The van der Waals surface area contributed by atoms with Gasteiger partial charge in [0.2, 0.25) is 17.7 Å². The fourth-order valence-electron chi connectivity index (χ4n) is 2.18. The van der Waals surface area contributed by atoms with Gasteiger partial charge in [-0.15, -0.1) is 0 Å². The Bertz CT molecular complexity index is 849. The normalized spacial score (nSPS) is 12.1. The smallest absolute Gasteiger partial charge is 0.550 e. The van der Waals surface area contributed by atoms with Crippen molar-refractivity contribution in [3.05, 3.63) is 0 Å². The molecule has 4 unspecified atom stereocenters. The minimum atomic E-state index is -2.16. The number of aliphatic carboxylic acids is 5. The number of rotatable bonds is 15. The van der Waals surface area contributed by atoms with Crippen LogP contribution in [0.15, 0.2) is 0 Å². The van der Waals surface area contributed by atoms with Crippen LogP contribution in [0.1, 0.15) is 25.7 Å². The summed E-state index contributed by atoms with van der Waals surface area (Å²) in [7, 11) is 0. The molecule has 3 amide bonds. The van der Waals surface area contributed by atoms with Crippen molar-refractivity contribution in [2.75, 3.05) is 0 Å². The predicted molar refractivity (Wildman–Crippen MR) is 87.3 cm³/mol. The van der Waals surface area contributed by atoms with E-state index in [4.69, 9.17) is 5.73 Å². The maximum absolute atomic E-state index is 12.1. The largest absolute Gasteiger partial charge is 1.00 e. The number of carbonyl (C=O) groups is 8. The minimum absolute atomic E-state index is 0. The van der Waals surface area contributed by atoms with Crippen LogP contribution in [0.5, 0.6) is 0 Å². The van der Waals surface area contributed by atoms with Crippen molar-refractivity contribution >= 4 is 47.6 Å². The molecule has 0 rings (SSSR count). The molecule has 0 bridgehead atoms. The van der Waals surface area contributed by atoms with Crippen molar-refractivity contribution in [2.24, 2.45) is 5.73 Å². The van der Waals surface area contributed by atoms with Crippen molar-refractivity contribution in [1.82, 2.24) is 16.0 Å². The summed E-state index contributed by atoms with van der Waals surface area (Å²) in [4.78, 5) is 89.7. The van der Waals surface area contributed by atoms with Gasteiger partial charge in [-0.2, -0.15) is 0 Å². The fourth-order valence-corrected chi connectivity index (χ4v) is 2.18. The molecule has 0 radical (unpaired) electrons. The van der Waals surface area contributed by atoms with Crippen molar-refractivity contribution in [3.8, 4) is 0 Å². The molecule has 22 heteroatoms. The Morgan fingerprint density at radius 1 is 0.500 bits per heavy atom. The molecule has 5 N–H and O–H groups in total. The molecule has 0 aliphatic carbocycles. The Morgan fingerprint density at radius 2 is 0.842 bits per heavy atom. The van der Waals surface area contributed by atoms with Crippen LogP contribution in [0.3, 0.4) is 0 Å². The van der Waals surface area contributed by atoms with E-state index in [1.54, 1.807) is 16.0 Å². The molecule has 17 nitrogen and oxygen atoms in total. The number of carboxylic acid groups (broad SMARTS) is 5. The zero-order valence-electron chi connectivity index (χ0n) is 21.5. The average molecular weight is 588 g/mol. The van der Waals surface area contributed by atoms with Crippen molar-refractivity contribution in [1.29, 1.82) is 0 Å². The number of nitrogens with two attached hydrogens (primary N) is 1. The Morgan fingerprint density at radius 3 is 1.21 bits per heavy atom. The summed E-state index contributed by atoms with van der Waals surface area (Å²) in [5.74, 6) is -13.8. The second-order valence-electron chi connectivity index (χ2n) is 6.43. The van der Waals surface area contributed by atoms with Gasteiger partial charge >= 0.3 is 148 Å². The monoisotopic (exact) mass is 588 g/mol. The SMILES string of the molecule is NC(CC(=O)NC(CC(=O)NC(CC(=O)[O-])C(=O)NC(CC(=O)[O-])C(=O)[O-])C(=O)[O-])C(=O)[O-].[Na+].[Na+].[Na+].[Na+].[Na+]. The summed E-state index contributed by atoms with van der Waals surface area (Å²) in [6, 6.07) is -8.09. The third kappa shape index (κ3) is 23.4. The van der Waals surface area contributed by atoms with Gasteiger partial charge in [0, 0.05) is 31.2 Å². The van der Waals surface area contributed by atoms with Gasteiger partial charge in [0.1, 0.15) is 6.04 Å². The molecule has 0 saturated heterocycles. The number of nitrogens with one attached hydrogen (secondary N) is 3. The first kappa shape index (κ1) is 51.5. The summed E-state index contributed by atoms with van der Waals surface area (Å²) in [6.07, 6.45) is -4.57. The van der Waals surface area contributed by atoms with E-state index < -0.39 is 97.4 Å². The van der Waals surface area contributed by atoms with E-state index in [0.717, 1.165) is 0 Å². The third-order valence-electron chi connectivity index (χ3n) is 3.71. The van der Waals surface area contributed by atoms with Gasteiger partial charge in [0.25, 0.3) is 0 Å². The molecule has 38 heavy (non-hydrogen) atoms. The maximum atomic E-state index is 12.1. The molecule has 0 saturated carbocycles. The maximum Gasteiger partial charge on any atom is 1.00 e. The standard InChI is InChI=1S/C16H22N4O13.5Na/c17-5(14(28)29)1-9(21)19-7(15(30)31)2-10(22)18-6(3-11(23)24)13(27)20-8(16(32)33)4-12(25)26;;;;;/h5-8H,1-4,17H2,(H,18,22)(H,19,21)(H,20,27)(H,23,24)(H,25,26)(H,28,29)(H,30,31)(H,32,33);;;;;/q;5*+1/p-5. The summed E-state index contributed by atoms with van der Waals surface area (Å²) in [6.45, 7) is 0. The van der Waals surface area contributed by atoms with Gasteiger partial charge in [-0.3, -0.25) is 14.4 Å². The first-order chi connectivity index (χ1) is 15.1. The molecule has 0 aliphatic heterocycles. The Labute approximate surface area is 326 Å². The molecule has 4 atom stereocenters. The quantitative estimate of drug-likeness (QED) is 0.129. The molecular weight excluding hydrogens is 571 g/mol. The van der Waals surface area contributed by atoms with E-state index in [0.29, 0.717) is 0 Å². The van der Waals surface area contributed by atoms with Crippen LogP contribution in [0.2, 0.25) is 0 Å². The van der Waals surface area contributed by atoms with Crippen LogP contribution in [0.4, 0.5) is 0 Å². The zero-order valence-corrected chi connectivity index (χ0v) is 31.5. The van der Waals surface area contributed by atoms with Crippen LogP contribution in [0, 0.1) is 0 Å². The molecule has 0 aromatic carbocycles. The number of carboxylic acids is 5. The van der Waals surface area contributed by atoms with Gasteiger partial charge in [-0.1, -0.05) is 0 Å². The van der Waals surface area contributed by atoms with E-state index in [-0.39, 0.29) is 148 Å². The zero-order chi connectivity index (χ0) is 25.9. The number of carbonyl (C=O) groups excluding carboxylic acids is 8. The van der Waals surface area contributed by atoms with Crippen LogP contribution < -0.4 is 195 Å². The molecule has 0 aromatic rings. The van der Waals surface area contributed by atoms with Gasteiger partial charge in [0.15, 0.2) is 0 Å². The van der Waals surface area contributed by atoms with Crippen LogP contribution in [-0.2, 0) is 38.4 Å². The van der Waals surface area contributed by atoms with Gasteiger partial charge in [-0.05, 0) is 0 Å². The van der Waals surface area contributed by atoms with Crippen LogP contribution >= 0.6 is 0 Å². The molecule has 0 fully saturated rings. The van der Waals surface area contributed by atoms with Gasteiger partial charge in [0.05, 0.1) is 42.5 Å². The Hall–Kier alpha value is 0.720. The molecule has 0 aliphatic rings. The first-order valence-corrected chi connectivity index (χ1v) is 8.80. The molecular formula is C16H17N4Na5O13. The van der Waals surface area contributed by atoms with E-state index in [9.17, 15) is 63.9 Å². The number of hydrogen-bond donors (Lipinski definition) is 4. The Kier molecular flexibility index (Phi) is 36.0. The predicted octanol–water partition coefficient (Wildman–Crippen LogP) is -25.9. The number of hydrogen-bond acceptors (Lipinski definition) is 14. The first-order valence-electron chi connectivity index (χ1n) is 8.80. The van der Waals surface area contributed by atoms with Crippen molar-refractivity contribution < 1.29 is 212 Å². The molecule has 0 spiro atoms. The third-order valence-corrected chi connectivity index (χ3v) is 3.71. The van der Waals surface area contributed by atoms with Crippen molar-refractivity contribution in [3.63, 3.8) is 0 Å². The molecule has 0 aromatic heterocycles. The van der Waals surface area contributed by atoms with Gasteiger partial charge in [-0.25, -0.2) is 0 Å². The topological polar surface area (TPSA) is 314 Å². The van der Waals surface area contributed by atoms with E-state index in [1.807, 2.05) is 0 Å². The van der Waals surface area contributed by atoms with E-state index in [2.05, 4.69) is 0 Å². The fraction of sp³-hybridized carbons (Fsp3) is 0.500. The van der Waals surface area contributed by atoms with Crippen LogP contribution in [0.25, 0.3) is 0 Å².